The number of esters is 1. The van der Waals surface area contributed by atoms with Crippen molar-refractivity contribution in [1.82, 2.24) is 0 Å². The number of ether oxygens (including phenoxy) is 2. The van der Waals surface area contributed by atoms with Crippen LogP contribution < -0.4 is 10.5 Å². The van der Waals surface area contributed by atoms with Gasteiger partial charge in [-0.3, -0.25) is 4.79 Å². The largest absolute Gasteiger partial charge is 0.493 e. The van der Waals surface area contributed by atoms with Gasteiger partial charge in [-0.1, -0.05) is 22.0 Å². The first-order valence-corrected chi connectivity index (χ1v) is 6.08. The lowest BCUT2D eigenvalue weighted by Crippen LogP contribution is -2.11. The third-order valence-electron chi connectivity index (χ3n) is 2.26. The van der Waals surface area contributed by atoms with Gasteiger partial charge in [0.2, 0.25) is 0 Å². The Hall–Kier alpha value is -1.07. The third-order valence-corrected chi connectivity index (χ3v) is 2.75. The molecule has 1 aromatic rings. The van der Waals surface area contributed by atoms with Crippen LogP contribution in [0.1, 0.15) is 24.9 Å². The molecule has 0 radical (unpaired) electrons. The number of hydrogen-bond donors (Lipinski definition) is 1. The Morgan fingerprint density at radius 3 is 2.82 bits per heavy atom. The number of carbonyl (C=O) groups excluding carboxylic acids is 1. The van der Waals surface area contributed by atoms with Crippen LogP contribution in [-0.4, -0.2) is 19.7 Å². The molecule has 0 saturated heterocycles. The number of rotatable bonds is 5. The normalized spacial score (nSPS) is 12.0. The fourth-order valence-corrected chi connectivity index (χ4v) is 1.70. The van der Waals surface area contributed by atoms with Gasteiger partial charge >= 0.3 is 5.97 Å². The van der Waals surface area contributed by atoms with Crippen molar-refractivity contribution in [2.24, 2.45) is 5.73 Å². The molecule has 0 bridgehead atoms. The summed E-state index contributed by atoms with van der Waals surface area (Å²) in [4.78, 5) is 11.0. The Morgan fingerprint density at radius 1 is 1.53 bits per heavy atom. The van der Waals surface area contributed by atoms with Crippen LogP contribution in [0.4, 0.5) is 0 Å². The van der Waals surface area contributed by atoms with Crippen LogP contribution in [0, 0.1) is 0 Å². The highest BCUT2D eigenvalue weighted by Gasteiger charge is 2.09. The van der Waals surface area contributed by atoms with Crippen LogP contribution >= 0.6 is 15.9 Å². The molecule has 0 aliphatic rings. The summed E-state index contributed by atoms with van der Waals surface area (Å²) in [6, 6.07) is 5.54. The first-order chi connectivity index (χ1) is 8.04. The first kappa shape index (κ1) is 14.0. The quantitative estimate of drug-likeness (QED) is 0.849. The van der Waals surface area contributed by atoms with Gasteiger partial charge in [0.05, 0.1) is 20.1 Å². The highest BCUT2D eigenvalue weighted by Crippen LogP contribution is 2.27. The van der Waals surface area contributed by atoms with Crippen molar-refractivity contribution in [3.63, 3.8) is 0 Å². The molecule has 0 amide bonds. The van der Waals surface area contributed by atoms with Crippen LogP contribution in [0.3, 0.4) is 0 Å². The zero-order valence-corrected chi connectivity index (χ0v) is 11.5. The van der Waals surface area contributed by atoms with Crippen LogP contribution in [-0.2, 0) is 9.53 Å². The van der Waals surface area contributed by atoms with E-state index in [-0.39, 0.29) is 25.0 Å². The van der Waals surface area contributed by atoms with Crippen molar-refractivity contribution in [2.45, 2.75) is 19.4 Å². The second kappa shape index (κ2) is 6.61. The van der Waals surface area contributed by atoms with E-state index in [4.69, 9.17) is 10.5 Å². The summed E-state index contributed by atoms with van der Waals surface area (Å²) < 4.78 is 11.0. The average Bonchev–Trinajstić information content (AvgIpc) is 2.28. The van der Waals surface area contributed by atoms with E-state index in [2.05, 4.69) is 20.7 Å². The minimum absolute atomic E-state index is 0.115. The molecular weight excluding hydrogens is 286 g/mol. The minimum Gasteiger partial charge on any atom is -0.493 e. The van der Waals surface area contributed by atoms with E-state index in [9.17, 15) is 4.79 Å². The molecular formula is C12H16BrNO3. The minimum atomic E-state index is -0.289. The van der Waals surface area contributed by atoms with Gasteiger partial charge in [0.25, 0.3) is 0 Å². The summed E-state index contributed by atoms with van der Waals surface area (Å²) in [7, 11) is 1.36. The van der Waals surface area contributed by atoms with Crippen LogP contribution in [0.15, 0.2) is 22.7 Å². The van der Waals surface area contributed by atoms with Gasteiger partial charge in [-0.2, -0.15) is 0 Å². The topological polar surface area (TPSA) is 61.5 Å². The van der Waals surface area contributed by atoms with Gasteiger partial charge in [0.15, 0.2) is 0 Å². The van der Waals surface area contributed by atoms with Crippen LogP contribution in [0.5, 0.6) is 5.75 Å². The molecule has 0 saturated carbocycles. The lowest BCUT2D eigenvalue weighted by Gasteiger charge is -2.14. The van der Waals surface area contributed by atoms with E-state index in [1.54, 1.807) is 0 Å². The SMILES string of the molecule is COC(=O)CCOc1cc(Br)ccc1[C@H](C)N. The van der Waals surface area contributed by atoms with Crippen molar-refractivity contribution in [3.8, 4) is 5.75 Å². The maximum atomic E-state index is 11.0. The number of halogens is 1. The van der Waals surface area contributed by atoms with E-state index in [0.29, 0.717) is 5.75 Å². The summed E-state index contributed by atoms with van der Waals surface area (Å²) >= 11 is 3.37. The van der Waals surface area contributed by atoms with E-state index in [0.717, 1.165) is 10.0 Å². The van der Waals surface area contributed by atoms with Gasteiger partial charge in [0, 0.05) is 16.1 Å². The average molecular weight is 302 g/mol. The summed E-state index contributed by atoms with van der Waals surface area (Å²) in [5.74, 6) is 0.403. The molecule has 5 heteroatoms. The Bertz CT molecular complexity index is 393. The molecule has 0 spiro atoms. The van der Waals surface area contributed by atoms with Crippen molar-refractivity contribution < 1.29 is 14.3 Å². The Kier molecular flexibility index (Phi) is 5.44. The van der Waals surface area contributed by atoms with Crippen molar-refractivity contribution in [1.29, 1.82) is 0 Å². The van der Waals surface area contributed by atoms with E-state index >= 15 is 0 Å². The highest BCUT2D eigenvalue weighted by atomic mass is 79.9. The van der Waals surface area contributed by atoms with Crippen molar-refractivity contribution in [3.05, 3.63) is 28.2 Å². The molecule has 4 nitrogen and oxygen atoms in total. The molecule has 2 N–H and O–H groups in total. The lowest BCUT2D eigenvalue weighted by molar-refractivity contribution is -0.141. The molecule has 0 unspecified atom stereocenters. The van der Waals surface area contributed by atoms with Gasteiger partial charge < -0.3 is 15.2 Å². The molecule has 94 valence electrons. The van der Waals surface area contributed by atoms with Gasteiger partial charge in [-0.15, -0.1) is 0 Å². The third kappa shape index (κ3) is 4.36. The zero-order chi connectivity index (χ0) is 12.8. The summed E-state index contributed by atoms with van der Waals surface area (Å²) in [5, 5.41) is 0. The van der Waals surface area contributed by atoms with Crippen molar-refractivity contribution in [2.75, 3.05) is 13.7 Å². The van der Waals surface area contributed by atoms with E-state index in [1.165, 1.54) is 7.11 Å². The highest BCUT2D eigenvalue weighted by molar-refractivity contribution is 9.10. The molecule has 1 aromatic carbocycles. The molecule has 1 atom stereocenters. The molecule has 17 heavy (non-hydrogen) atoms. The van der Waals surface area contributed by atoms with Gasteiger partial charge in [-0.05, 0) is 19.1 Å². The number of benzene rings is 1. The molecule has 0 heterocycles. The molecule has 0 fully saturated rings. The molecule has 0 aliphatic carbocycles. The monoisotopic (exact) mass is 301 g/mol. The summed E-state index contributed by atoms with van der Waals surface area (Å²) in [6.45, 7) is 2.17. The number of nitrogens with two attached hydrogens (primary N) is 1. The smallest absolute Gasteiger partial charge is 0.308 e. The fraction of sp³-hybridized carbons (Fsp3) is 0.417. The van der Waals surface area contributed by atoms with E-state index in [1.807, 2.05) is 25.1 Å². The second-order valence-corrected chi connectivity index (χ2v) is 4.56. The summed E-state index contributed by atoms with van der Waals surface area (Å²) in [6.07, 6.45) is 0.224. The Balaban J connectivity index is 2.68. The Morgan fingerprint density at radius 2 is 2.24 bits per heavy atom. The lowest BCUT2D eigenvalue weighted by atomic mass is 10.1. The van der Waals surface area contributed by atoms with Crippen LogP contribution in [0.2, 0.25) is 0 Å². The molecule has 1 rings (SSSR count). The zero-order valence-electron chi connectivity index (χ0n) is 9.90. The number of carbonyl (C=O) groups is 1. The molecule has 0 aliphatic heterocycles. The fourth-order valence-electron chi connectivity index (χ4n) is 1.36. The van der Waals surface area contributed by atoms with Gasteiger partial charge in [0.1, 0.15) is 5.75 Å². The number of hydrogen-bond acceptors (Lipinski definition) is 4. The molecule has 0 aromatic heterocycles. The number of methoxy groups -OCH3 is 1. The summed E-state index contributed by atoms with van der Waals surface area (Å²) in [5.41, 5.74) is 6.75. The second-order valence-electron chi connectivity index (χ2n) is 3.65. The van der Waals surface area contributed by atoms with Crippen molar-refractivity contribution >= 4 is 21.9 Å². The predicted molar refractivity (Wildman–Crippen MR) is 68.9 cm³/mol. The first-order valence-electron chi connectivity index (χ1n) is 5.29. The maximum absolute atomic E-state index is 11.0. The van der Waals surface area contributed by atoms with Crippen LogP contribution in [0.25, 0.3) is 0 Å². The van der Waals surface area contributed by atoms with E-state index < -0.39 is 0 Å². The van der Waals surface area contributed by atoms with Gasteiger partial charge in [-0.25, -0.2) is 0 Å². The standard InChI is InChI=1S/C12H16BrNO3/c1-8(14)10-4-3-9(13)7-11(10)17-6-5-12(15)16-2/h3-4,7-8H,5-6,14H2,1-2H3/t8-/m0/s1. The Labute approximate surface area is 109 Å². The predicted octanol–water partition coefficient (Wildman–Crippen LogP) is 2.41. The maximum Gasteiger partial charge on any atom is 0.308 e.